The van der Waals surface area contributed by atoms with E-state index in [0.717, 1.165) is 18.7 Å². The van der Waals surface area contributed by atoms with Crippen molar-refractivity contribution < 1.29 is 13.9 Å². The lowest BCUT2D eigenvalue weighted by atomic mass is 10.1. The molecule has 0 bridgehead atoms. The Bertz CT molecular complexity index is 629. The van der Waals surface area contributed by atoms with E-state index in [-0.39, 0.29) is 11.7 Å². The van der Waals surface area contributed by atoms with Gasteiger partial charge in [-0.2, -0.15) is 0 Å². The highest BCUT2D eigenvalue weighted by Crippen LogP contribution is 2.11. The van der Waals surface area contributed by atoms with E-state index in [0.29, 0.717) is 18.7 Å². The number of nitrogens with one attached hydrogen (secondary N) is 2. The van der Waals surface area contributed by atoms with Crippen molar-refractivity contribution in [1.82, 2.24) is 5.32 Å². The normalized spacial score (nSPS) is 10.3. The number of amides is 1. The highest BCUT2D eigenvalue weighted by molar-refractivity contribution is 5.90. The minimum absolute atomic E-state index is 0.132. The Labute approximate surface area is 135 Å². The molecule has 0 fully saturated rings. The van der Waals surface area contributed by atoms with Crippen molar-refractivity contribution in [2.45, 2.75) is 12.8 Å². The lowest BCUT2D eigenvalue weighted by Gasteiger charge is -2.07. The van der Waals surface area contributed by atoms with Crippen LogP contribution in [-0.2, 0) is 11.2 Å². The Balaban J connectivity index is 1.62. The predicted octanol–water partition coefficient (Wildman–Crippen LogP) is 3.00. The average Bonchev–Trinajstić information content (AvgIpc) is 2.55. The van der Waals surface area contributed by atoms with Crippen LogP contribution in [-0.4, -0.2) is 26.1 Å². The fourth-order valence-electron chi connectivity index (χ4n) is 2.14. The second-order valence-corrected chi connectivity index (χ2v) is 5.16. The van der Waals surface area contributed by atoms with Gasteiger partial charge in [-0.05, 0) is 48.9 Å². The zero-order chi connectivity index (χ0) is 16.5. The summed E-state index contributed by atoms with van der Waals surface area (Å²) in [5.74, 6) is 0.351. The summed E-state index contributed by atoms with van der Waals surface area (Å²) in [6.07, 6.45) is 1.23. The summed E-state index contributed by atoms with van der Waals surface area (Å²) in [6.45, 7) is 1.37. The number of carbonyl (C=O) groups is 1. The summed E-state index contributed by atoms with van der Waals surface area (Å²) in [6, 6.07) is 13.8. The fourth-order valence-corrected chi connectivity index (χ4v) is 2.14. The number of rotatable bonds is 8. The van der Waals surface area contributed by atoms with E-state index in [4.69, 9.17) is 4.74 Å². The topological polar surface area (TPSA) is 50.4 Å². The van der Waals surface area contributed by atoms with Crippen LogP contribution in [0.4, 0.5) is 10.1 Å². The second-order valence-electron chi connectivity index (χ2n) is 5.16. The Kier molecular flexibility index (Phi) is 6.56. The van der Waals surface area contributed by atoms with Crippen molar-refractivity contribution in [1.29, 1.82) is 0 Å². The quantitative estimate of drug-likeness (QED) is 0.736. The van der Waals surface area contributed by atoms with Gasteiger partial charge < -0.3 is 15.4 Å². The van der Waals surface area contributed by atoms with Crippen molar-refractivity contribution in [2.24, 2.45) is 0 Å². The van der Waals surface area contributed by atoms with Gasteiger partial charge in [-0.25, -0.2) is 4.39 Å². The molecule has 122 valence electrons. The summed E-state index contributed by atoms with van der Waals surface area (Å²) in [7, 11) is 1.64. The third-order valence-corrected chi connectivity index (χ3v) is 3.39. The number of methoxy groups -OCH3 is 1. The highest BCUT2D eigenvalue weighted by Gasteiger charge is 2.03. The Morgan fingerprint density at radius 3 is 2.61 bits per heavy atom. The molecule has 2 N–H and O–H groups in total. The van der Waals surface area contributed by atoms with Gasteiger partial charge >= 0.3 is 0 Å². The first-order chi connectivity index (χ1) is 11.2. The SMILES string of the molecule is COc1ccc(CCNCCC(=O)Nc2cccc(F)c2)cc1. The van der Waals surface area contributed by atoms with E-state index in [9.17, 15) is 9.18 Å². The van der Waals surface area contributed by atoms with Gasteiger partial charge in [-0.3, -0.25) is 4.79 Å². The molecule has 0 aliphatic heterocycles. The molecule has 0 saturated carbocycles. The molecule has 4 nitrogen and oxygen atoms in total. The van der Waals surface area contributed by atoms with Gasteiger partial charge in [0.05, 0.1) is 7.11 Å². The average molecular weight is 316 g/mol. The van der Waals surface area contributed by atoms with E-state index < -0.39 is 0 Å². The number of anilines is 1. The molecule has 23 heavy (non-hydrogen) atoms. The third-order valence-electron chi connectivity index (χ3n) is 3.39. The molecule has 0 atom stereocenters. The van der Waals surface area contributed by atoms with E-state index in [2.05, 4.69) is 10.6 Å². The summed E-state index contributed by atoms with van der Waals surface area (Å²) in [5, 5.41) is 5.90. The minimum Gasteiger partial charge on any atom is -0.497 e. The Hall–Kier alpha value is -2.40. The van der Waals surface area contributed by atoms with Gasteiger partial charge in [0.25, 0.3) is 0 Å². The van der Waals surface area contributed by atoms with Gasteiger partial charge in [0.1, 0.15) is 11.6 Å². The lowest BCUT2D eigenvalue weighted by molar-refractivity contribution is -0.116. The van der Waals surface area contributed by atoms with Crippen LogP contribution in [0, 0.1) is 5.82 Å². The van der Waals surface area contributed by atoms with E-state index in [1.807, 2.05) is 24.3 Å². The van der Waals surface area contributed by atoms with Gasteiger partial charge in [0.15, 0.2) is 0 Å². The molecule has 2 aromatic carbocycles. The van der Waals surface area contributed by atoms with Crippen molar-refractivity contribution in [2.75, 3.05) is 25.5 Å². The molecular weight excluding hydrogens is 295 g/mol. The van der Waals surface area contributed by atoms with Gasteiger partial charge in [-0.1, -0.05) is 18.2 Å². The van der Waals surface area contributed by atoms with E-state index >= 15 is 0 Å². The second kappa shape index (κ2) is 8.90. The molecule has 0 aliphatic rings. The standard InChI is InChI=1S/C18H21FN2O2/c1-23-17-7-5-14(6-8-17)9-11-20-12-10-18(22)21-16-4-2-3-15(19)13-16/h2-8,13,20H,9-12H2,1H3,(H,21,22). The fraction of sp³-hybridized carbons (Fsp3) is 0.278. The maximum absolute atomic E-state index is 13.0. The van der Waals surface area contributed by atoms with Crippen LogP contribution < -0.4 is 15.4 Å². The monoisotopic (exact) mass is 316 g/mol. The number of hydrogen-bond donors (Lipinski definition) is 2. The molecule has 0 aromatic heterocycles. The molecule has 1 amide bonds. The molecule has 0 saturated heterocycles. The van der Waals surface area contributed by atoms with Gasteiger partial charge in [0, 0.05) is 18.7 Å². The smallest absolute Gasteiger partial charge is 0.225 e. The molecule has 2 aromatic rings. The van der Waals surface area contributed by atoms with Crippen molar-refractivity contribution in [3.8, 4) is 5.75 Å². The summed E-state index contributed by atoms with van der Waals surface area (Å²) < 4.78 is 18.1. The molecule has 0 radical (unpaired) electrons. The number of carbonyl (C=O) groups excluding carboxylic acids is 1. The molecule has 0 aliphatic carbocycles. The van der Waals surface area contributed by atoms with Gasteiger partial charge in [-0.15, -0.1) is 0 Å². The summed E-state index contributed by atoms with van der Waals surface area (Å²) in [5.41, 5.74) is 1.69. The van der Waals surface area contributed by atoms with Crippen LogP contribution in [0.3, 0.4) is 0 Å². The van der Waals surface area contributed by atoms with Crippen LogP contribution in [0.2, 0.25) is 0 Å². The first kappa shape index (κ1) is 17.0. The summed E-state index contributed by atoms with van der Waals surface area (Å²) in [4.78, 5) is 11.7. The Morgan fingerprint density at radius 1 is 1.13 bits per heavy atom. The predicted molar refractivity (Wildman–Crippen MR) is 89.2 cm³/mol. The van der Waals surface area contributed by atoms with Crippen molar-refractivity contribution in [3.05, 3.63) is 59.9 Å². The zero-order valence-corrected chi connectivity index (χ0v) is 13.1. The molecule has 0 spiro atoms. The van der Waals surface area contributed by atoms with Crippen LogP contribution in [0.5, 0.6) is 5.75 Å². The summed E-state index contributed by atoms with van der Waals surface area (Å²) >= 11 is 0. The number of benzene rings is 2. The maximum Gasteiger partial charge on any atom is 0.225 e. The minimum atomic E-state index is -0.361. The van der Waals surface area contributed by atoms with Crippen LogP contribution in [0.25, 0.3) is 0 Å². The largest absolute Gasteiger partial charge is 0.497 e. The molecule has 5 heteroatoms. The first-order valence-electron chi connectivity index (χ1n) is 7.56. The van der Waals surface area contributed by atoms with Crippen LogP contribution >= 0.6 is 0 Å². The number of hydrogen-bond acceptors (Lipinski definition) is 3. The molecule has 0 heterocycles. The number of halogens is 1. The van der Waals surface area contributed by atoms with Crippen LogP contribution in [0.15, 0.2) is 48.5 Å². The van der Waals surface area contributed by atoms with Gasteiger partial charge in [0.2, 0.25) is 5.91 Å². The third kappa shape index (κ3) is 6.08. The molecule has 0 unspecified atom stereocenters. The Morgan fingerprint density at radius 2 is 1.91 bits per heavy atom. The van der Waals surface area contributed by atoms with Crippen molar-refractivity contribution in [3.63, 3.8) is 0 Å². The number of ether oxygens (including phenoxy) is 1. The maximum atomic E-state index is 13.0. The first-order valence-corrected chi connectivity index (χ1v) is 7.56. The zero-order valence-electron chi connectivity index (χ0n) is 13.1. The molecular formula is C18H21FN2O2. The molecule has 2 rings (SSSR count). The van der Waals surface area contributed by atoms with Crippen LogP contribution in [0.1, 0.15) is 12.0 Å². The van der Waals surface area contributed by atoms with E-state index in [1.165, 1.54) is 17.7 Å². The lowest BCUT2D eigenvalue weighted by Crippen LogP contribution is -2.23. The van der Waals surface area contributed by atoms with Crippen molar-refractivity contribution >= 4 is 11.6 Å². The highest BCUT2D eigenvalue weighted by atomic mass is 19.1. The van der Waals surface area contributed by atoms with E-state index in [1.54, 1.807) is 19.2 Å².